The first-order chi connectivity index (χ1) is 17.7. The standard InChI is InChI=1S/C24H16N12/c1-26-17-6-2-4-15(10-17)22-21(18-7-9-28-14-29-18)23-31-20(33-36(23)24(25)32-22)13-35-19(12-30-34-35)16-5-3-8-27-11-16/h2-12,14H,13H2,(H2,25,32). The van der Waals surface area contributed by atoms with Crippen LogP contribution in [0.4, 0.5) is 11.6 Å². The molecule has 0 bridgehead atoms. The quantitative estimate of drug-likeness (QED) is 0.374. The van der Waals surface area contributed by atoms with Crippen molar-refractivity contribution in [3.63, 3.8) is 0 Å². The maximum absolute atomic E-state index is 7.39. The van der Waals surface area contributed by atoms with Crippen LogP contribution in [-0.2, 0) is 6.54 Å². The topological polar surface area (TPSA) is 143 Å². The van der Waals surface area contributed by atoms with Gasteiger partial charge in [0.15, 0.2) is 17.2 Å². The van der Waals surface area contributed by atoms with Gasteiger partial charge in [0.05, 0.1) is 35.4 Å². The fraction of sp³-hybridized carbons (Fsp3) is 0.0417. The largest absolute Gasteiger partial charge is 0.368 e. The minimum Gasteiger partial charge on any atom is -0.368 e. The molecule has 12 nitrogen and oxygen atoms in total. The number of rotatable bonds is 5. The Bertz CT molecular complexity index is 1730. The highest BCUT2D eigenvalue weighted by Crippen LogP contribution is 2.35. The molecule has 6 rings (SSSR count). The van der Waals surface area contributed by atoms with Crippen molar-refractivity contribution in [1.29, 1.82) is 0 Å². The van der Waals surface area contributed by atoms with E-state index in [4.69, 9.17) is 17.3 Å². The molecule has 2 N–H and O–H groups in total. The van der Waals surface area contributed by atoms with E-state index < -0.39 is 0 Å². The molecule has 36 heavy (non-hydrogen) atoms. The average Bonchev–Trinajstić information content (AvgIpc) is 3.57. The summed E-state index contributed by atoms with van der Waals surface area (Å²) >= 11 is 0. The first kappa shape index (κ1) is 21.0. The monoisotopic (exact) mass is 472 g/mol. The van der Waals surface area contributed by atoms with Crippen LogP contribution < -0.4 is 5.73 Å². The van der Waals surface area contributed by atoms with E-state index in [2.05, 4.69) is 40.2 Å². The molecule has 0 fully saturated rings. The lowest BCUT2D eigenvalue weighted by molar-refractivity contribution is 0.629. The number of pyridine rings is 1. The van der Waals surface area contributed by atoms with Crippen LogP contribution in [-0.4, -0.2) is 49.5 Å². The molecule has 0 saturated carbocycles. The van der Waals surface area contributed by atoms with Gasteiger partial charge in [0, 0.05) is 24.2 Å². The molecular weight excluding hydrogens is 456 g/mol. The third-order valence-corrected chi connectivity index (χ3v) is 5.51. The number of benzene rings is 1. The molecule has 12 heteroatoms. The SMILES string of the molecule is [C-]#[N+]c1cccc(-c2nc(N)n3nc(Cn4nncc4-c4cccnc4)nc3c2-c2ccncn2)c1. The lowest BCUT2D eigenvalue weighted by Crippen LogP contribution is -2.07. The molecule has 1 aromatic carbocycles. The number of fused-ring (bicyclic) bond motifs is 1. The third kappa shape index (κ3) is 3.66. The van der Waals surface area contributed by atoms with E-state index in [1.165, 1.54) is 10.8 Å². The summed E-state index contributed by atoms with van der Waals surface area (Å²) in [5, 5.41) is 12.8. The zero-order valence-corrected chi connectivity index (χ0v) is 18.6. The van der Waals surface area contributed by atoms with Crippen LogP contribution in [0.3, 0.4) is 0 Å². The molecule has 0 amide bonds. The van der Waals surface area contributed by atoms with Gasteiger partial charge in [-0.2, -0.15) is 4.52 Å². The molecule has 0 atom stereocenters. The molecule has 0 radical (unpaired) electrons. The van der Waals surface area contributed by atoms with E-state index in [0.717, 1.165) is 11.3 Å². The van der Waals surface area contributed by atoms with Crippen molar-refractivity contribution in [2.75, 3.05) is 5.73 Å². The fourth-order valence-electron chi connectivity index (χ4n) is 3.92. The van der Waals surface area contributed by atoms with Crippen molar-refractivity contribution in [2.24, 2.45) is 0 Å². The van der Waals surface area contributed by atoms with Crippen LogP contribution in [0.1, 0.15) is 5.82 Å². The first-order valence-electron chi connectivity index (χ1n) is 10.8. The summed E-state index contributed by atoms with van der Waals surface area (Å²) in [4.78, 5) is 25.6. The normalized spacial score (nSPS) is 11.0. The third-order valence-electron chi connectivity index (χ3n) is 5.51. The Balaban J connectivity index is 1.52. The minimum atomic E-state index is 0.149. The molecule has 6 aromatic rings. The molecule has 0 aliphatic rings. The molecule has 0 saturated heterocycles. The van der Waals surface area contributed by atoms with Crippen LogP contribution >= 0.6 is 0 Å². The van der Waals surface area contributed by atoms with Crippen molar-refractivity contribution >= 4 is 17.3 Å². The predicted octanol–water partition coefficient (Wildman–Crippen LogP) is 3.08. The average molecular weight is 472 g/mol. The molecule has 0 spiro atoms. The number of hydrogen-bond donors (Lipinski definition) is 1. The van der Waals surface area contributed by atoms with Crippen LogP contribution in [0.25, 0.3) is 44.3 Å². The second-order valence-corrected chi connectivity index (χ2v) is 7.73. The number of nitrogens with two attached hydrogens (primary N) is 1. The highest BCUT2D eigenvalue weighted by atomic mass is 15.4. The maximum atomic E-state index is 7.39. The van der Waals surface area contributed by atoms with E-state index in [0.29, 0.717) is 39.7 Å². The number of nitrogen functional groups attached to an aromatic ring is 1. The predicted molar refractivity (Wildman–Crippen MR) is 130 cm³/mol. The molecule has 0 aliphatic heterocycles. The van der Waals surface area contributed by atoms with Crippen LogP contribution in [0.15, 0.2) is 73.6 Å². The smallest absolute Gasteiger partial charge is 0.223 e. The fourth-order valence-corrected chi connectivity index (χ4v) is 3.92. The van der Waals surface area contributed by atoms with Crippen LogP contribution in [0.2, 0.25) is 0 Å². The molecule has 0 aliphatic carbocycles. The van der Waals surface area contributed by atoms with E-state index in [1.54, 1.807) is 53.7 Å². The van der Waals surface area contributed by atoms with E-state index >= 15 is 0 Å². The van der Waals surface area contributed by atoms with Gasteiger partial charge >= 0.3 is 0 Å². The summed E-state index contributed by atoms with van der Waals surface area (Å²) in [6.45, 7) is 7.63. The van der Waals surface area contributed by atoms with Gasteiger partial charge in [0.2, 0.25) is 5.95 Å². The number of nitrogens with zero attached hydrogens (tertiary/aromatic N) is 11. The van der Waals surface area contributed by atoms with Crippen molar-refractivity contribution in [2.45, 2.75) is 6.54 Å². The minimum absolute atomic E-state index is 0.149. The molecule has 5 aromatic heterocycles. The summed E-state index contributed by atoms with van der Waals surface area (Å²) in [5.74, 6) is 0.609. The summed E-state index contributed by atoms with van der Waals surface area (Å²) in [5.41, 5.74) is 11.4. The summed E-state index contributed by atoms with van der Waals surface area (Å²) in [6.07, 6.45) is 8.20. The van der Waals surface area contributed by atoms with Gasteiger partial charge in [-0.05, 0) is 29.8 Å². The Labute approximate surface area is 204 Å². The van der Waals surface area contributed by atoms with Gasteiger partial charge in [-0.25, -0.2) is 29.5 Å². The highest BCUT2D eigenvalue weighted by Gasteiger charge is 2.21. The lowest BCUT2D eigenvalue weighted by atomic mass is 10.0. The molecule has 0 unspecified atom stereocenters. The van der Waals surface area contributed by atoms with Crippen molar-refractivity contribution in [3.8, 4) is 33.8 Å². The summed E-state index contributed by atoms with van der Waals surface area (Å²) in [6, 6.07) is 12.7. The Morgan fingerprint density at radius 1 is 0.972 bits per heavy atom. The van der Waals surface area contributed by atoms with E-state index in [-0.39, 0.29) is 12.5 Å². The van der Waals surface area contributed by atoms with Crippen LogP contribution in [0, 0.1) is 6.57 Å². The second-order valence-electron chi connectivity index (χ2n) is 7.73. The number of aromatic nitrogens is 10. The molecule has 172 valence electrons. The summed E-state index contributed by atoms with van der Waals surface area (Å²) in [7, 11) is 0. The van der Waals surface area contributed by atoms with E-state index in [1.807, 2.05) is 18.2 Å². The van der Waals surface area contributed by atoms with Gasteiger partial charge in [-0.15, -0.1) is 10.2 Å². The zero-order chi connectivity index (χ0) is 24.5. The molecule has 5 heterocycles. The van der Waals surface area contributed by atoms with Gasteiger partial charge in [0.1, 0.15) is 12.9 Å². The zero-order valence-electron chi connectivity index (χ0n) is 18.6. The Morgan fingerprint density at radius 3 is 2.69 bits per heavy atom. The van der Waals surface area contributed by atoms with Crippen molar-refractivity contribution < 1.29 is 0 Å². The Morgan fingerprint density at radius 2 is 1.89 bits per heavy atom. The Kier molecular flexibility index (Phi) is 5.05. The lowest BCUT2D eigenvalue weighted by Gasteiger charge is -2.11. The van der Waals surface area contributed by atoms with Crippen molar-refractivity contribution in [1.82, 2.24) is 49.5 Å². The number of hydrogen-bond acceptors (Lipinski definition) is 9. The van der Waals surface area contributed by atoms with Gasteiger partial charge in [-0.1, -0.05) is 23.4 Å². The van der Waals surface area contributed by atoms with Gasteiger partial charge in [0.25, 0.3) is 0 Å². The van der Waals surface area contributed by atoms with Crippen molar-refractivity contribution in [3.05, 3.63) is 90.8 Å². The van der Waals surface area contributed by atoms with Gasteiger partial charge in [-0.3, -0.25) is 4.98 Å². The molecular formula is C24H16N12. The first-order valence-corrected chi connectivity index (χ1v) is 10.8. The van der Waals surface area contributed by atoms with Gasteiger partial charge < -0.3 is 5.73 Å². The number of anilines is 1. The van der Waals surface area contributed by atoms with Crippen LogP contribution in [0.5, 0.6) is 0 Å². The maximum Gasteiger partial charge on any atom is 0.223 e. The van der Waals surface area contributed by atoms with E-state index in [9.17, 15) is 0 Å². The summed E-state index contributed by atoms with van der Waals surface area (Å²) < 4.78 is 3.18. The Hall–Kier alpha value is -5.57. The highest BCUT2D eigenvalue weighted by molar-refractivity contribution is 5.89. The second kappa shape index (κ2) is 8.65.